The number of nitrogens with one attached hydrogen (secondary N) is 1. The van der Waals surface area contributed by atoms with Crippen molar-refractivity contribution in [2.75, 3.05) is 36.5 Å². The van der Waals surface area contributed by atoms with Crippen LogP contribution in [0.2, 0.25) is 0 Å². The molecular weight excluding hydrogens is 342 g/mol. The Labute approximate surface area is 159 Å². The van der Waals surface area contributed by atoms with Crippen molar-refractivity contribution in [2.45, 2.75) is 39.0 Å². The van der Waals surface area contributed by atoms with E-state index in [9.17, 15) is 4.79 Å². The predicted octanol–water partition coefficient (Wildman–Crippen LogP) is 2.54. The van der Waals surface area contributed by atoms with E-state index in [4.69, 9.17) is 9.72 Å². The second-order valence-corrected chi connectivity index (χ2v) is 7.11. The maximum absolute atomic E-state index is 13.1. The molecule has 2 aromatic heterocycles. The SMILES string of the molecule is Cc1cnc(NC(=O)c2cc(N3CCCCC3)nc3c2CCOCC3)cn1. The van der Waals surface area contributed by atoms with Crippen LogP contribution < -0.4 is 10.2 Å². The van der Waals surface area contributed by atoms with Crippen LogP contribution in [-0.2, 0) is 17.6 Å². The van der Waals surface area contributed by atoms with Gasteiger partial charge in [-0.25, -0.2) is 9.97 Å². The molecule has 7 heteroatoms. The van der Waals surface area contributed by atoms with Crippen LogP contribution in [0.15, 0.2) is 18.5 Å². The zero-order chi connectivity index (χ0) is 18.6. The lowest BCUT2D eigenvalue weighted by atomic mass is 10.0. The maximum Gasteiger partial charge on any atom is 0.257 e. The van der Waals surface area contributed by atoms with Gasteiger partial charge in [-0.15, -0.1) is 0 Å². The largest absolute Gasteiger partial charge is 0.381 e. The van der Waals surface area contributed by atoms with Crippen molar-refractivity contribution in [3.63, 3.8) is 0 Å². The number of ether oxygens (including phenoxy) is 1. The highest BCUT2D eigenvalue weighted by atomic mass is 16.5. The average Bonchev–Trinajstić information content (AvgIpc) is 2.95. The van der Waals surface area contributed by atoms with E-state index in [-0.39, 0.29) is 5.91 Å². The monoisotopic (exact) mass is 367 g/mol. The molecule has 0 bridgehead atoms. The Balaban J connectivity index is 1.68. The van der Waals surface area contributed by atoms with E-state index in [0.717, 1.165) is 42.3 Å². The fraction of sp³-hybridized carbons (Fsp3) is 0.500. The van der Waals surface area contributed by atoms with E-state index >= 15 is 0 Å². The van der Waals surface area contributed by atoms with Gasteiger partial charge in [0.1, 0.15) is 5.82 Å². The third-order valence-corrected chi connectivity index (χ3v) is 5.12. The molecule has 0 saturated carbocycles. The van der Waals surface area contributed by atoms with Gasteiger partial charge in [-0.1, -0.05) is 0 Å². The van der Waals surface area contributed by atoms with Crippen molar-refractivity contribution in [3.05, 3.63) is 41.0 Å². The van der Waals surface area contributed by atoms with Gasteiger partial charge in [0.05, 0.1) is 31.3 Å². The summed E-state index contributed by atoms with van der Waals surface area (Å²) in [6.07, 6.45) is 8.27. The van der Waals surface area contributed by atoms with Crippen molar-refractivity contribution in [3.8, 4) is 0 Å². The summed E-state index contributed by atoms with van der Waals surface area (Å²) in [4.78, 5) is 28.7. The van der Waals surface area contributed by atoms with Crippen molar-refractivity contribution in [2.24, 2.45) is 0 Å². The van der Waals surface area contributed by atoms with Gasteiger partial charge in [-0.2, -0.15) is 0 Å². The third-order valence-electron chi connectivity index (χ3n) is 5.12. The van der Waals surface area contributed by atoms with E-state index in [1.165, 1.54) is 19.3 Å². The lowest BCUT2D eigenvalue weighted by Crippen LogP contribution is -2.31. The molecule has 1 fully saturated rings. The molecule has 2 aliphatic heterocycles. The molecule has 0 spiro atoms. The first-order valence-electron chi connectivity index (χ1n) is 9.66. The first-order valence-corrected chi connectivity index (χ1v) is 9.66. The fourth-order valence-corrected chi connectivity index (χ4v) is 3.67. The second kappa shape index (κ2) is 8.00. The van der Waals surface area contributed by atoms with Gasteiger partial charge in [0.25, 0.3) is 5.91 Å². The summed E-state index contributed by atoms with van der Waals surface area (Å²) in [7, 11) is 0. The molecule has 0 aliphatic carbocycles. The molecule has 0 aromatic carbocycles. The Kier molecular flexibility index (Phi) is 5.29. The number of carbonyl (C=O) groups is 1. The summed E-state index contributed by atoms with van der Waals surface area (Å²) in [6, 6.07) is 1.94. The molecular formula is C20H25N5O2. The van der Waals surface area contributed by atoms with Gasteiger partial charge < -0.3 is 15.0 Å². The number of aryl methyl sites for hydroxylation is 1. The minimum Gasteiger partial charge on any atom is -0.381 e. The van der Waals surface area contributed by atoms with Gasteiger partial charge in [0, 0.05) is 30.8 Å². The van der Waals surface area contributed by atoms with Crippen molar-refractivity contribution < 1.29 is 9.53 Å². The quantitative estimate of drug-likeness (QED) is 0.898. The summed E-state index contributed by atoms with van der Waals surface area (Å²) in [5.41, 5.74) is 3.46. The Bertz CT molecular complexity index is 816. The Morgan fingerprint density at radius 2 is 1.93 bits per heavy atom. The highest BCUT2D eigenvalue weighted by Gasteiger charge is 2.23. The molecule has 1 N–H and O–H groups in total. The molecule has 7 nitrogen and oxygen atoms in total. The number of anilines is 2. The van der Waals surface area contributed by atoms with Crippen molar-refractivity contribution in [1.29, 1.82) is 0 Å². The number of hydrogen-bond donors (Lipinski definition) is 1. The predicted molar refractivity (Wildman–Crippen MR) is 103 cm³/mol. The minimum absolute atomic E-state index is 0.160. The molecule has 27 heavy (non-hydrogen) atoms. The van der Waals surface area contributed by atoms with E-state index in [1.54, 1.807) is 12.4 Å². The zero-order valence-electron chi connectivity index (χ0n) is 15.7. The molecule has 0 atom stereocenters. The van der Waals surface area contributed by atoms with Crippen LogP contribution >= 0.6 is 0 Å². The lowest BCUT2D eigenvalue weighted by Gasteiger charge is -2.29. The Morgan fingerprint density at radius 1 is 1.11 bits per heavy atom. The van der Waals surface area contributed by atoms with Crippen LogP contribution in [0.1, 0.15) is 46.6 Å². The average molecular weight is 367 g/mol. The number of piperidine rings is 1. The molecule has 1 saturated heterocycles. The molecule has 2 aliphatic rings. The standard InChI is InChI=1S/C20H25N5O2/c1-14-12-22-18(13-21-14)24-20(26)16-11-19(25-7-3-2-4-8-25)23-17-6-10-27-9-5-15(16)17/h11-13H,2-10H2,1H3,(H,22,24,26). The smallest absolute Gasteiger partial charge is 0.257 e. The summed E-state index contributed by atoms with van der Waals surface area (Å²) in [5.74, 6) is 1.20. The van der Waals surface area contributed by atoms with Crippen LogP contribution in [0.25, 0.3) is 0 Å². The van der Waals surface area contributed by atoms with Crippen LogP contribution in [0.5, 0.6) is 0 Å². The summed E-state index contributed by atoms with van der Waals surface area (Å²) >= 11 is 0. The number of aromatic nitrogens is 3. The first kappa shape index (κ1) is 17.9. The third kappa shape index (κ3) is 4.08. The van der Waals surface area contributed by atoms with Crippen LogP contribution in [0.3, 0.4) is 0 Å². The summed E-state index contributed by atoms with van der Waals surface area (Å²) in [5, 5.41) is 2.89. The van der Waals surface area contributed by atoms with E-state index in [2.05, 4.69) is 20.2 Å². The second-order valence-electron chi connectivity index (χ2n) is 7.11. The normalized spacial score (nSPS) is 17.1. The highest BCUT2D eigenvalue weighted by Crippen LogP contribution is 2.26. The first-order chi connectivity index (χ1) is 13.2. The van der Waals surface area contributed by atoms with E-state index in [1.807, 2.05) is 13.0 Å². The molecule has 142 valence electrons. The van der Waals surface area contributed by atoms with Gasteiger partial charge in [-0.05, 0) is 44.2 Å². The number of rotatable bonds is 3. The number of hydrogen-bond acceptors (Lipinski definition) is 6. The number of carbonyl (C=O) groups excluding carboxylic acids is 1. The molecule has 0 unspecified atom stereocenters. The number of nitrogens with zero attached hydrogens (tertiary/aromatic N) is 4. The highest BCUT2D eigenvalue weighted by molar-refractivity contribution is 6.05. The fourth-order valence-electron chi connectivity index (χ4n) is 3.67. The van der Waals surface area contributed by atoms with Crippen LogP contribution in [0.4, 0.5) is 11.6 Å². The minimum atomic E-state index is -0.160. The van der Waals surface area contributed by atoms with Gasteiger partial charge >= 0.3 is 0 Å². The van der Waals surface area contributed by atoms with E-state index in [0.29, 0.717) is 31.0 Å². The topological polar surface area (TPSA) is 80.2 Å². The number of fused-ring (bicyclic) bond motifs is 1. The summed E-state index contributed by atoms with van der Waals surface area (Å²) < 4.78 is 5.62. The Hall–Kier alpha value is -2.54. The number of amides is 1. The maximum atomic E-state index is 13.1. The molecule has 4 rings (SSSR count). The summed E-state index contributed by atoms with van der Waals surface area (Å²) in [6.45, 7) is 5.11. The van der Waals surface area contributed by atoms with Gasteiger partial charge in [-0.3, -0.25) is 9.78 Å². The Morgan fingerprint density at radius 3 is 2.70 bits per heavy atom. The molecule has 2 aromatic rings. The van der Waals surface area contributed by atoms with Crippen molar-refractivity contribution >= 4 is 17.5 Å². The molecule has 4 heterocycles. The molecule has 1 amide bonds. The van der Waals surface area contributed by atoms with Crippen molar-refractivity contribution in [1.82, 2.24) is 15.0 Å². The van der Waals surface area contributed by atoms with Gasteiger partial charge in [0.15, 0.2) is 5.82 Å². The number of pyridine rings is 1. The van der Waals surface area contributed by atoms with Crippen LogP contribution in [-0.4, -0.2) is 47.2 Å². The van der Waals surface area contributed by atoms with E-state index < -0.39 is 0 Å². The molecule has 0 radical (unpaired) electrons. The van der Waals surface area contributed by atoms with Crippen LogP contribution in [0, 0.1) is 6.92 Å². The van der Waals surface area contributed by atoms with Gasteiger partial charge in [0.2, 0.25) is 0 Å². The lowest BCUT2D eigenvalue weighted by molar-refractivity contribution is 0.102. The zero-order valence-corrected chi connectivity index (χ0v) is 15.7.